The van der Waals surface area contributed by atoms with Crippen LogP contribution in [0.3, 0.4) is 0 Å². The molecule has 0 spiro atoms. The highest BCUT2D eigenvalue weighted by Crippen LogP contribution is 2.25. The fourth-order valence-electron chi connectivity index (χ4n) is 1.96. The monoisotopic (exact) mass is 288 g/mol. The van der Waals surface area contributed by atoms with Crippen molar-refractivity contribution in [1.29, 1.82) is 0 Å². The quantitative estimate of drug-likeness (QED) is 0.845. The number of nitrogens with one attached hydrogen (secondary N) is 1. The van der Waals surface area contributed by atoms with Gasteiger partial charge >= 0.3 is 0 Å². The first-order valence-electron chi connectivity index (χ1n) is 6.31. The summed E-state index contributed by atoms with van der Waals surface area (Å²) in [6.45, 7) is 4.40. The molecule has 0 aliphatic carbocycles. The number of rotatable bonds is 6. The lowest BCUT2D eigenvalue weighted by Gasteiger charge is -2.28. The van der Waals surface area contributed by atoms with Gasteiger partial charge in [0.1, 0.15) is 5.82 Å². The molecule has 0 atom stereocenters. The van der Waals surface area contributed by atoms with Crippen molar-refractivity contribution in [2.75, 3.05) is 6.54 Å². The van der Waals surface area contributed by atoms with Gasteiger partial charge in [-0.25, -0.2) is 4.39 Å². The Labute approximate surface area is 120 Å². The lowest BCUT2D eigenvalue weighted by atomic mass is 9.81. The maximum absolute atomic E-state index is 13.4. The first kappa shape index (κ1) is 17.9. The molecule has 19 heavy (non-hydrogen) atoms. The average molecular weight is 289 g/mol. The van der Waals surface area contributed by atoms with E-state index in [2.05, 4.69) is 5.32 Å². The minimum atomic E-state index is -0.536. The van der Waals surface area contributed by atoms with E-state index in [9.17, 15) is 9.18 Å². The van der Waals surface area contributed by atoms with Gasteiger partial charge in [-0.3, -0.25) is 4.79 Å². The van der Waals surface area contributed by atoms with Crippen molar-refractivity contribution in [2.24, 2.45) is 11.1 Å². The fourth-order valence-corrected chi connectivity index (χ4v) is 1.96. The highest BCUT2D eigenvalue weighted by Gasteiger charge is 2.32. The van der Waals surface area contributed by atoms with Crippen LogP contribution in [0.5, 0.6) is 0 Å². The molecule has 0 aromatic heterocycles. The molecule has 1 aromatic rings. The molecule has 1 rings (SSSR count). The van der Waals surface area contributed by atoms with Crippen LogP contribution in [0.4, 0.5) is 4.39 Å². The number of carbonyl (C=O) groups is 1. The highest BCUT2D eigenvalue weighted by atomic mass is 35.5. The Hall–Kier alpha value is -1.13. The zero-order chi connectivity index (χ0) is 13.6. The summed E-state index contributed by atoms with van der Waals surface area (Å²) in [6.07, 6.45) is 1.37. The molecule has 1 amide bonds. The van der Waals surface area contributed by atoms with Crippen molar-refractivity contribution in [3.63, 3.8) is 0 Å². The van der Waals surface area contributed by atoms with Gasteiger partial charge in [-0.05, 0) is 18.9 Å². The van der Waals surface area contributed by atoms with Crippen molar-refractivity contribution in [2.45, 2.75) is 33.2 Å². The van der Waals surface area contributed by atoms with E-state index in [1.807, 2.05) is 13.8 Å². The molecule has 0 radical (unpaired) electrons. The van der Waals surface area contributed by atoms with Gasteiger partial charge in [0, 0.05) is 18.7 Å². The molecular weight excluding hydrogens is 267 g/mol. The highest BCUT2D eigenvalue weighted by molar-refractivity contribution is 5.85. The zero-order valence-electron chi connectivity index (χ0n) is 11.4. The first-order chi connectivity index (χ1) is 8.59. The summed E-state index contributed by atoms with van der Waals surface area (Å²) in [4.78, 5) is 12.1. The minimum absolute atomic E-state index is 0. The smallest absolute Gasteiger partial charge is 0.227 e. The molecule has 0 bridgehead atoms. The number of benzene rings is 1. The molecule has 3 nitrogen and oxygen atoms in total. The van der Waals surface area contributed by atoms with Crippen molar-refractivity contribution < 1.29 is 9.18 Å². The summed E-state index contributed by atoms with van der Waals surface area (Å²) in [5, 5.41) is 2.77. The van der Waals surface area contributed by atoms with Crippen LogP contribution in [-0.4, -0.2) is 12.5 Å². The van der Waals surface area contributed by atoms with Crippen LogP contribution in [0, 0.1) is 11.2 Å². The van der Waals surface area contributed by atoms with Crippen LogP contribution in [-0.2, 0) is 11.3 Å². The van der Waals surface area contributed by atoms with Gasteiger partial charge in [-0.15, -0.1) is 12.4 Å². The maximum atomic E-state index is 13.4. The van der Waals surface area contributed by atoms with E-state index < -0.39 is 5.41 Å². The normalized spacial score (nSPS) is 10.7. The second-order valence-corrected chi connectivity index (χ2v) is 4.47. The molecule has 0 unspecified atom stereocenters. The summed E-state index contributed by atoms with van der Waals surface area (Å²) in [7, 11) is 0. The molecule has 1 aromatic carbocycles. The summed E-state index contributed by atoms with van der Waals surface area (Å²) in [5.74, 6) is -0.401. The van der Waals surface area contributed by atoms with Gasteiger partial charge in [0.2, 0.25) is 5.91 Å². The third-order valence-corrected chi connectivity index (χ3v) is 3.62. The molecule has 0 fully saturated rings. The predicted octanol–water partition coefficient (Wildman–Crippen LogP) is 2.63. The van der Waals surface area contributed by atoms with Gasteiger partial charge in [0.15, 0.2) is 0 Å². The Bertz CT molecular complexity index is 400. The van der Waals surface area contributed by atoms with Crippen LogP contribution < -0.4 is 11.1 Å². The predicted molar refractivity (Wildman–Crippen MR) is 77.6 cm³/mol. The third kappa shape index (κ3) is 4.18. The van der Waals surface area contributed by atoms with Crippen molar-refractivity contribution >= 4 is 18.3 Å². The lowest BCUT2D eigenvalue weighted by Crippen LogP contribution is -2.45. The van der Waals surface area contributed by atoms with Crippen molar-refractivity contribution in [1.82, 2.24) is 5.32 Å². The van der Waals surface area contributed by atoms with E-state index >= 15 is 0 Å². The number of nitrogens with two attached hydrogens (primary N) is 1. The topological polar surface area (TPSA) is 55.1 Å². The number of amides is 1. The van der Waals surface area contributed by atoms with Crippen molar-refractivity contribution in [3.05, 3.63) is 35.6 Å². The molecule has 0 saturated heterocycles. The minimum Gasteiger partial charge on any atom is -0.351 e. The van der Waals surface area contributed by atoms with Crippen molar-refractivity contribution in [3.8, 4) is 0 Å². The molecular formula is C14H22ClFN2O. The van der Waals surface area contributed by atoms with Gasteiger partial charge in [-0.1, -0.05) is 32.0 Å². The van der Waals surface area contributed by atoms with Crippen LogP contribution in [0.25, 0.3) is 0 Å². The molecule has 3 N–H and O–H groups in total. The standard InChI is InChI=1S/C14H21FN2O.ClH/c1-3-14(4-2,10-16)13(18)17-9-11-7-5-6-8-12(11)15;/h5-8H,3-4,9-10,16H2,1-2H3,(H,17,18);1H. The number of halogens is 2. The molecule has 0 heterocycles. The van der Waals surface area contributed by atoms with E-state index in [0.717, 1.165) is 0 Å². The van der Waals surface area contributed by atoms with Crippen LogP contribution >= 0.6 is 12.4 Å². The van der Waals surface area contributed by atoms with E-state index in [0.29, 0.717) is 24.9 Å². The van der Waals surface area contributed by atoms with Gasteiger partial charge in [0.05, 0.1) is 5.41 Å². The van der Waals surface area contributed by atoms with Gasteiger partial charge in [0.25, 0.3) is 0 Å². The Morgan fingerprint density at radius 3 is 2.37 bits per heavy atom. The number of carbonyl (C=O) groups excluding carboxylic acids is 1. The summed E-state index contributed by atoms with van der Waals surface area (Å²) in [6, 6.07) is 6.43. The summed E-state index contributed by atoms with van der Waals surface area (Å²) >= 11 is 0. The fraction of sp³-hybridized carbons (Fsp3) is 0.500. The van der Waals surface area contributed by atoms with Crippen LogP contribution in [0.2, 0.25) is 0 Å². The Morgan fingerprint density at radius 2 is 1.89 bits per heavy atom. The SMILES string of the molecule is CCC(CC)(CN)C(=O)NCc1ccccc1F.Cl. The Balaban J connectivity index is 0.00000324. The van der Waals surface area contributed by atoms with Gasteiger partial charge < -0.3 is 11.1 Å². The molecule has 0 aliphatic rings. The second kappa shape index (κ2) is 8.12. The van der Waals surface area contributed by atoms with E-state index in [1.54, 1.807) is 18.2 Å². The van der Waals surface area contributed by atoms with Gasteiger partial charge in [-0.2, -0.15) is 0 Å². The van der Waals surface area contributed by atoms with E-state index in [4.69, 9.17) is 5.73 Å². The van der Waals surface area contributed by atoms with Crippen LogP contribution in [0.1, 0.15) is 32.3 Å². The molecule has 0 aliphatic heterocycles. The Kier molecular flexibility index (Phi) is 7.64. The largest absolute Gasteiger partial charge is 0.351 e. The third-order valence-electron chi connectivity index (χ3n) is 3.62. The lowest BCUT2D eigenvalue weighted by molar-refractivity contribution is -0.131. The van der Waals surface area contributed by atoms with E-state index in [-0.39, 0.29) is 30.7 Å². The molecule has 0 saturated carbocycles. The average Bonchev–Trinajstić information content (AvgIpc) is 2.40. The maximum Gasteiger partial charge on any atom is 0.227 e. The first-order valence-corrected chi connectivity index (χ1v) is 6.31. The molecule has 5 heteroatoms. The number of hydrogen-bond acceptors (Lipinski definition) is 2. The van der Waals surface area contributed by atoms with Crippen LogP contribution in [0.15, 0.2) is 24.3 Å². The summed E-state index contributed by atoms with van der Waals surface area (Å²) in [5.41, 5.74) is 5.65. The van der Waals surface area contributed by atoms with E-state index in [1.165, 1.54) is 6.07 Å². The zero-order valence-corrected chi connectivity index (χ0v) is 12.2. The number of hydrogen-bond donors (Lipinski definition) is 2. The molecule has 108 valence electrons. The summed E-state index contributed by atoms with van der Waals surface area (Å²) < 4.78 is 13.4. The Morgan fingerprint density at radius 1 is 1.32 bits per heavy atom. The second-order valence-electron chi connectivity index (χ2n) is 4.47.